The molecule has 7 N–H and O–H groups in total. The maximum Gasteiger partial charge on any atom is 0.306 e. The Labute approximate surface area is 259 Å². The van der Waals surface area contributed by atoms with Gasteiger partial charge in [-0.3, -0.25) is 4.79 Å². The standard InChI is InChI=1S/C32H41NO12/c1-3-41-23(37)7-4-17-14-18-9-12-42-24(18)26(43-13-11-33-2)25(17)45-29-32(40)27-19-5-6-21(36)30(27,16-35)10-8-20(19)31(39,28(32)38)22(15-34)44-29/h5-6,8-10,12,14,19-22,27-29,33-36,38-40H,3-4,7,11,13,15-16H2,1-2H3/t19-,20+,21-,22+,27+,28-,29-,30+,31-,32-/m0/s1. The average molecular weight is 632 g/mol. The van der Waals surface area contributed by atoms with Crippen molar-refractivity contribution in [3.63, 3.8) is 0 Å². The van der Waals surface area contributed by atoms with Crippen molar-refractivity contribution in [1.29, 1.82) is 0 Å². The van der Waals surface area contributed by atoms with Crippen LogP contribution in [0.5, 0.6) is 11.5 Å². The molecule has 10 atom stereocenters. The van der Waals surface area contributed by atoms with Crippen LogP contribution in [-0.4, -0.2) is 112 Å². The Balaban J connectivity index is 1.50. The average Bonchev–Trinajstić information content (AvgIpc) is 3.50. The number of furan rings is 1. The molecule has 1 aliphatic heterocycles. The van der Waals surface area contributed by atoms with Gasteiger partial charge in [0.2, 0.25) is 12.0 Å². The number of aliphatic hydroxyl groups is 6. The molecule has 4 aliphatic rings. The van der Waals surface area contributed by atoms with Gasteiger partial charge in [-0.25, -0.2) is 0 Å². The molecular weight excluding hydrogens is 590 g/mol. The van der Waals surface area contributed by atoms with Crippen molar-refractivity contribution >= 4 is 16.9 Å². The summed E-state index contributed by atoms with van der Waals surface area (Å²) >= 11 is 0. The number of ether oxygens (including phenoxy) is 4. The summed E-state index contributed by atoms with van der Waals surface area (Å²) in [6.45, 7) is 1.24. The van der Waals surface area contributed by atoms with E-state index in [1.54, 1.807) is 44.3 Å². The third kappa shape index (κ3) is 4.63. The van der Waals surface area contributed by atoms with Crippen LogP contribution in [0.4, 0.5) is 0 Å². The fourth-order valence-corrected chi connectivity index (χ4v) is 7.92. The third-order valence-electron chi connectivity index (χ3n) is 10.0. The summed E-state index contributed by atoms with van der Waals surface area (Å²) in [6.07, 6.45) is 1.59. The number of likely N-dealkylation sites (N-methyl/N-ethyl adjacent to an activating group) is 1. The minimum atomic E-state index is -2.43. The Hall–Kier alpha value is -3.01. The molecular formula is C32H41NO12. The molecule has 6 rings (SSSR count). The van der Waals surface area contributed by atoms with Crippen LogP contribution in [-0.2, 0) is 20.7 Å². The van der Waals surface area contributed by atoms with Crippen molar-refractivity contribution in [3.05, 3.63) is 48.3 Å². The van der Waals surface area contributed by atoms with E-state index in [1.165, 1.54) is 12.3 Å². The summed E-state index contributed by atoms with van der Waals surface area (Å²) in [7, 11) is 1.76. The van der Waals surface area contributed by atoms with E-state index in [9.17, 15) is 35.4 Å². The van der Waals surface area contributed by atoms with E-state index < -0.39 is 78.2 Å². The molecule has 6 bridgehead atoms. The summed E-state index contributed by atoms with van der Waals surface area (Å²) in [4.78, 5) is 12.4. The van der Waals surface area contributed by atoms with Crippen LogP contribution < -0.4 is 14.8 Å². The van der Waals surface area contributed by atoms with Crippen LogP contribution >= 0.6 is 0 Å². The number of hydrogen-bond acceptors (Lipinski definition) is 13. The van der Waals surface area contributed by atoms with Gasteiger partial charge in [0, 0.05) is 35.6 Å². The number of benzene rings is 1. The summed E-state index contributed by atoms with van der Waals surface area (Å²) in [5, 5.41) is 72.5. The summed E-state index contributed by atoms with van der Waals surface area (Å²) in [5.74, 6) is -2.81. The highest BCUT2D eigenvalue weighted by Gasteiger charge is 2.78. The maximum absolute atomic E-state index is 12.7. The van der Waals surface area contributed by atoms with Crippen molar-refractivity contribution in [3.8, 4) is 11.5 Å². The van der Waals surface area contributed by atoms with Crippen molar-refractivity contribution in [2.45, 2.75) is 55.6 Å². The third-order valence-corrected chi connectivity index (χ3v) is 10.0. The number of esters is 1. The molecule has 1 saturated carbocycles. The second-order valence-corrected chi connectivity index (χ2v) is 12.3. The van der Waals surface area contributed by atoms with Gasteiger partial charge < -0.3 is 59.3 Å². The first-order valence-corrected chi connectivity index (χ1v) is 15.3. The largest absolute Gasteiger partial charge is 0.485 e. The van der Waals surface area contributed by atoms with Gasteiger partial charge in [0.05, 0.1) is 32.2 Å². The number of hydrogen-bond donors (Lipinski definition) is 7. The molecule has 1 aromatic heterocycles. The smallest absolute Gasteiger partial charge is 0.306 e. The van der Waals surface area contributed by atoms with Gasteiger partial charge in [-0.1, -0.05) is 24.3 Å². The molecule has 0 unspecified atom stereocenters. The van der Waals surface area contributed by atoms with E-state index in [2.05, 4.69) is 5.32 Å². The number of allylic oxidation sites excluding steroid dienone is 1. The van der Waals surface area contributed by atoms with E-state index in [0.717, 1.165) is 0 Å². The Morgan fingerprint density at radius 1 is 1.11 bits per heavy atom. The van der Waals surface area contributed by atoms with Gasteiger partial charge >= 0.3 is 5.97 Å². The minimum absolute atomic E-state index is 0.0112. The molecule has 45 heavy (non-hydrogen) atoms. The highest BCUT2D eigenvalue weighted by molar-refractivity contribution is 5.87. The fraction of sp³-hybridized carbons (Fsp3) is 0.594. The molecule has 1 aromatic carbocycles. The molecule has 1 saturated heterocycles. The first-order valence-electron chi connectivity index (χ1n) is 15.3. The fourth-order valence-electron chi connectivity index (χ4n) is 7.92. The van der Waals surface area contributed by atoms with E-state index in [0.29, 0.717) is 23.1 Å². The molecule has 13 nitrogen and oxygen atoms in total. The van der Waals surface area contributed by atoms with E-state index in [-0.39, 0.29) is 37.6 Å². The zero-order chi connectivity index (χ0) is 32.1. The minimum Gasteiger partial charge on any atom is -0.485 e. The predicted molar refractivity (Wildman–Crippen MR) is 157 cm³/mol. The second-order valence-electron chi connectivity index (χ2n) is 12.3. The number of aryl methyl sites for hydroxylation is 1. The lowest BCUT2D eigenvalue weighted by atomic mass is 9.42. The summed E-state index contributed by atoms with van der Waals surface area (Å²) in [6, 6.07) is 3.47. The topological polar surface area (TPSA) is 201 Å². The van der Waals surface area contributed by atoms with Gasteiger partial charge in [-0.05, 0) is 44.0 Å². The zero-order valence-electron chi connectivity index (χ0n) is 25.2. The number of aliphatic hydroxyl groups excluding tert-OH is 4. The molecule has 2 heterocycles. The number of carbonyl (C=O) groups excluding carboxylic acids is 1. The highest BCUT2D eigenvalue weighted by Crippen LogP contribution is 2.64. The molecule has 0 spiro atoms. The molecule has 0 radical (unpaired) electrons. The summed E-state index contributed by atoms with van der Waals surface area (Å²) in [5.41, 5.74) is -5.23. The van der Waals surface area contributed by atoms with Gasteiger partial charge in [0.25, 0.3) is 0 Å². The molecule has 13 heteroatoms. The molecule has 3 aliphatic carbocycles. The Kier molecular flexibility index (Phi) is 8.50. The Morgan fingerprint density at radius 3 is 2.62 bits per heavy atom. The Bertz CT molecular complexity index is 1470. The highest BCUT2D eigenvalue weighted by atomic mass is 16.7. The van der Waals surface area contributed by atoms with Crippen LogP contribution in [0.3, 0.4) is 0 Å². The lowest BCUT2D eigenvalue weighted by Gasteiger charge is -2.69. The normalized spacial score (nSPS) is 37.9. The quantitative estimate of drug-likeness (QED) is 0.0923. The molecule has 0 amide bonds. The Morgan fingerprint density at radius 2 is 1.91 bits per heavy atom. The van der Waals surface area contributed by atoms with Crippen LogP contribution in [0.1, 0.15) is 18.9 Å². The van der Waals surface area contributed by atoms with Crippen LogP contribution in [0.25, 0.3) is 11.0 Å². The lowest BCUT2D eigenvalue weighted by Crippen LogP contribution is -2.85. The molecule has 246 valence electrons. The number of rotatable bonds is 12. The van der Waals surface area contributed by atoms with Crippen LogP contribution in [0.15, 0.2) is 47.1 Å². The predicted octanol–water partition coefficient (Wildman–Crippen LogP) is -0.213. The second kappa shape index (κ2) is 12.0. The van der Waals surface area contributed by atoms with Crippen molar-refractivity contribution in [1.82, 2.24) is 5.32 Å². The van der Waals surface area contributed by atoms with E-state index >= 15 is 0 Å². The number of fused-ring (bicyclic) bond motifs is 4. The van der Waals surface area contributed by atoms with Crippen molar-refractivity contribution < 1.29 is 58.8 Å². The first-order chi connectivity index (χ1) is 21.6. The van der Waals surface area contributed by atoms with Gasteiger partial charge in [-0.15, -0.1) is 0 Å². The number of carbonyl (C=O) groups is 1. The monoisotopic (exact) mass is 631 g/mol. The van der Waals surface area contributed by atoms with Crippen molar-refractivity contribution in [2.75, 3.05) is 40.0 Å². The number of nitrogens with one attached hydrogen (secondary N) is 1. The molecule has 2 fully saturated rings. The zero-order valence-corrected chi connectivity index (χ0v) is 25.2. The van der Waals surface area contributed by atoms with Crippen molar-refractivity contribution in [2.24, 2.45) is 23.2 Å². The van der Waals surface area contributed by atoms with E-state index in [4.69, 9.17) is 23.4 Å². The lowest BCUT2D eigenvalue weighted by molar-refractivity contribution is -0.408. The summed E-state index contributed by atoms with van der Waals surface area (Å²) < 4.78 is 29.7. The van der Waals surface area contributed by atoms with Gasteiger partial charge in [-0.2, -0.15) is 0 Å². The van der Waals surface area contributed by atoms with E-state index in [1.807, 2.05) is 0 Å². The maximum atomic E-state index is 12.7. The van der Waals surface area contributed by atoms with Gasteiger partial charge in [0.1, 0.15) is 24.4 Å². The van der Waals surface area contributed by atoms with Crippen LogP contribution in [0, 0.1) is 23.2 Å². The first kappa shape index (κ1) is 32.0. The van der Waals surface area contributed by atoms with Gasteiger partial charge in [0.15, 0.2) is 16.9 Å². The SMILES string of the molecule is CCOC(=O)CCc1cc2ccoc2c(OCCNC)c1O[C@@H]1O[C@H](CO)[C@]2(O)[C@H](O)[C@@]1(O)[C@@H]1[C@H]3C=C[C@H](O)[C@]1(CO)C=C[C@H]32. The molecule has 2 aromatic rings. The van der Waals surface area contributed by atoms with Crippen LogP contribution in [0.2, 0.25) is 0 Å².